The number of rotatable bonds is 6. The number of hydrogen-bond acceptors (Lipinski definition) is 3. The molecule has 0 fully saturated rings. The van der Waals surface area contributed by atoms with Crippen molar-refractivity contribution in [1.29, 1.82) is 0 Å². The molecular weight excluding hydrogens is 182 g/mol. The van der Waals surface area contributed by atoms with Gasteiger partial charge in [0.2, 0.25) is 0 Å². The molecule has 0 aliphatic rings. The molecule has 1 atom stereocenters. The lowest BCUT2D eigenvalue weighted by Crippen LogP contribution is -2.47. The fourth-order valence-electron chi connectivity index (χ4n) is 1.58. The molecule has 0 heterocycles. The first-order valence-corrected chi connectivity index (χ1v) is 4.70. The van der Waals surface area contributed by atoms with Gasteiger partial charge in [0.05, 0.1) is 12.0 Å². The van der Waals surface area contributed by atoms with Crippen LogP contribution in [-0.2, 0) is 9.53 Å². The number of carbonyl (C=O) groups is 1. The number of carboxylic acids is 1. The molecule has 0 amide bonds. The Morgan fingerprint density at radius 3 is 2.21 bits per heavy atom. The van der Waals surface area contributed by atoms with Gasteiger partial charge in [0, 0.05) is 12.6 Å². The highest BCUT2D eigenvalue weighted by atomic mass is 16.5. The zero-order valence-electron chi connectivity index (χ0n) is 9.68. The topological polar surface area (TPSA) is 58.6 Å². The minimum atomic E-state index is -0.797. The molecule has 4 heteroatoms. The van der Waals surface area contributed by atoms with Gasteiger partial charge in [0.25, 0.3) is 0 Å². The lowest BCUT2D eigenvalue weighted by atomic mass is 9.85. The Morgan fingerprint density at radius 1 is 1.43 bits per heavy atom. The molecule has 0 aromatic heterocycles. The molecule has 0 aromatic carbocycles. The van der Waals surface area contributed by atoms with Crippen LogP contribution in [0.25, 0.3) is 0 Å². The summed E-state index contributed by atoms with van der Waals surface area (Å²) in [6.45, 7) is 5.79. The van der Waals surface area contributed by atoms with Crippen molar-refractivity contribution in [2.45, 2.75) is 44.8 Å². The highest BCUT2D eigenvalue weighted by Gasteiger charge is 2.33. The van der Waals surface area contributed by atoms with E-state index in [1.54, 1.807) is 14.2 Å². The Bertz CT molecular complexity index is 204. The van der Waals surface area contributed by atoms with Gasteiger partial charge in [-0.2, -0.15) is 0 Å². The van der Waals surface area contributed by atoms with Crippen LogP contribution >= 0.6 is 0 Å². The van der Waals surface area contributed by atoms with Crippen LogP contribution in [-0.4, -0.2) is 36.4 Å². The number of carboxylic acid groups (broad SMARTS) is 1. The molecule has 0 aromatic rings. The molecule has 0 rings (SSSR count). The number of aliphatic carboxylic acids is 1. The monoisotopic (exact) mass is 203 g/mol. The van der Waals surface area contributed by atoms with Crippen LogP contribution in [0.15, 0.2) is 0 Å². The molecule has 0 radical (unpaired) electrons. The summed E-state index contributed by atoms with van der Waals surface area (Å²) in [7, 11) is 3.41. The summed E-state index contributed by atoms with van der Waals surface area (Å²) in [4.78, 5) is 10.7. The summed E-state index contributed by atoms with van der Waals surface area (Å²) >= 11 is 0. The van der Waals surface area contributed by atoms with Gasteiger partial charge in [0.15, 0.2) is 0 Å². The van der Waals surface area contributed by atoms with Gasteiger partial charge < -0.3 is 15.2 Å². The van der Waals surface area contributed by atoms with Crippen LogP contribution in [0.4, 0.5) is 0 Å². The van der Waals surface area contributed by atoms with Crippen molar-refractivity contribution < 1.29 is 14.6 Å². The van der Waals surface area contributed by atoms with E-state index in [-0.39, 0.29) is 12.0 Å². The Kier molecular flexibility index (Phi) is 4.55. The van der Waals surface area contributed by atoms with Crippen molar-refractivity contribution in [1.82, 2.24) is 5.32 Å². The lowest BCUT2D eigenvalue weighted by molar-refractivity contribution is -0.139. The van der Waals surface area contributed by atoms with Crippen molar-refractivity contribution in [2.75, 3.05) is 14.2 Å². The lowest BCUT2D eigenvalue weighted by Gasteiger charge is -2.35. The zero-order valence-corrected chi connectivity index (χ0v) is 9.68. The van der Waals surface area contributed by atoms with E-state index in [2.05, 4.69) is 5.32 Å². The van der Waals surface area contributed by atoms with Gasteiger partial charge in [-0.15, -0.1) is 0 Å². The third-order valence-corrected chi connectivity index (χ3v) is 2.51. The molecule has 0 aliphatic carbocycles. The normalized spacial score (nSPS) is 16.4. The molecule has 0 bridgehead atoms. The van der Waals surface area contributed by atoms with E-state index in [0.29, 0.717) is 6.42 Å². The van der Waals surface area contributed by atoms with Crippen LogP contribution in [0, 0.1) is 0 Å². The fourth-order valence-corrected chi connectivity index (χ4v) is 1.58. The number of methoxy groups -OCH3 is 1. The molecule has 4 nitrogen and oxygen atoms in total. The van der Waals surface area contributed by atoms with Crippen molar-refractivity contribution >= 4 is 5.97 Å². The van der Waals surface area contributed by atoms with Crippen molar-refractivity contribution in [3.8, 4) is 0 Å². The first-order chi connectivity index (χ1) is 6.24. The van der Waals surface area contributed by atoms with Gasteiger partial charge in [0.1, 0.15) is 0 Å². The largest absolute Gasteiger partial charge is 0.481 e. The number of hydrogen-bond donors (Lipinski definition) is 2. The molecule has 14 heavy (non-hydrogen) atoms. The van der Waals surface area contributed by atoms with Gasteiger partial charge in [-0.05, 0) is 34.2 Å². The Morgan fingerprint density at radius 2 is 1.93 bits per heavy atom. The van der Waals surface area contributed by atoms with E-state index in [1.807, 2.05) is 20.8 Å². The maximum absolute atomic E-state index is 10.7. The Labute approximate surface area is 85.6 Å². The summed E-state index contributed by atoms with van der Waals surface area (Å²) in [6.07, 6.45) is 0.746. The average molecular weight is 203 g/mol. The molecule has 1 unspecified atom stereocenters. The first-order valence-electron chi connectivity index (χ1n) is 4.70. The van der Waals surface area contributed by atoms with Crippen LogP contribution in [0.3, 0.4) is 0 Å². The van der Waals surface area contributed by atoms with Crippen LogP contribution in [0.1, 0.15) is 33.6 Å². The minimum Gasteiger partial charge on any atom is -0.481 e. The van der Waals surface area contributed by atoms with E-state index in [4.69, 9.17) is 9.84 Å². The van der Waals surface area contributed by atoms with Crippen LogP contribution in [0.2, 0.25) is 0 Å². The highest BCUT2D eigenvalue weighted by Crippen LogP contribution is 2.25. The SMILES string of the molecule is CNC(C)(CC(=O)O)CC(C)(C)OC. The van der Waals surface area contributed by atoms with E-state index in [0.717, 1.165) is 0 Å². The van der Waals surface area contributed by atoms with Gasteiger partial charge >= 0.3 is 5.97 Å². The Hall–Kier alpha value is -0.610. The van der Waals surface area contributed by atoms with E-state index in [1.165, 1.54) is 0 Å². The van der Waals surface area contributed by atoms with Crippen molar-refractivity contribution in [3.05, 3.63) is 0 Å². The van der Waals surface area contributed by atoms with Crippen LogP contribution in [0.5, 0.6) is 0 Å². The zero-order chi connectivity index (χ0) is 11.4. The summed E-state index contributed by atoms with van der Waals surface area (Å²) in [6, 6.07) is 0. The van der Waals surface area contributed by atoms with Crippen LogP contribution < -0.4 is 5.32 Å². The van der Waals surface area contributed by atoms with E-state index in [9.17, 15) is 4.79 Å². The van der Waals surface area contributed by atoms with Gasteiger partial charge in [-0.3, -0.25) is 4.79 Å². The molecular formula is C10H21NO3. The molecule has 0 aliphatic heterocycles. The molecule has 0 spiro atoms. The minimum absolute atomic E-state index is 0.0935. The fraction of sp³-hybridized carbons (Fsp3) is 0.900. The molecule has 84 valence electrons. The van der Waals surface area contributed by atoms with Crippen molar-refractivity contribution in [2.24, 2.45) is 0 Å². The third kappa shape index (κ3) is 4.58. The number of nitrogens with one attached hydrogen (secondary N) is 1. The average Bonchev–Trinajstić information content (AvgIpc) is 2.02. The second kappa shape index (κ2) is 4.75. The quantitative estimate of drug-likeness (QED) is 0.682. The predicted octanol–water partition coefficient (Wildman–Crippen LogP) is 1.25. The molecule has 0 saturated carbocycles. The summed E-state index contributed by atoms with van der Waals surface area (Å²) < 4.78 is 5.28. The maximum Gasteiger partial charge on any atom is 0.305 e. The van der Waals surface area contributed by atoms with Gasteiger partial charge in [-0.25, -0.2) is 0 Å². The maximum atomic E-state index is 10.7. The summed E-state index contributed by atoms with van der Waals surface area (Å²) in [5.74, 6) is -0.797. The molecule has 2 N–H and O–H groups in total. The molecule has 0 saturated heterocycles. The standard InChI is InChI=1S/C10H21NO3/c1-9(2,14-5)7-10(3,11-4)6-8(12)13/h11H,6-7H2,1-5H3,(H,12,13). The Balaban J connectivity index is 4.46. The summed E-state index contributed by atoms with van der Waals surface area (Å²) in [5, 5.41) is 11.8. The first kappa shape index (κ1) is 13.4. The van der Waals surface area contributed by atoms with E-state index < -0.39 is 11.5 Å². The van der Waals surface area contributed by atoms with Gasteiger partial charge in [-0.1, -0.05) is 0 Å². The smallest absolute Gasteiger partial charge is 0.305 e. The summed E-state index contributed by atoms with van der Waals surface area (Å²) in [5.41, 5.74) is -0.738. The highest BCUT2D eigenvalue weighted by molar-refractivity contribution is 5.68. The van der Waals surface area contributed by atoms with E-state index >= 15 is 0 Å². The third-order valence-electron chi connectivity index (χ3n) is 2.51. The number of ether oxygens (including phenoxy) is 1. The second-order valence-electron chi connectivity index (χ2n) is 4.52. The second-order valence-corrected chi connectivity index (χ2v) is 4.52. The van der Waals surface area contributed by atoms with Crippen molar-refractivity contribution in [3.63, 3.8) is 0 Å². The predicted molar refractivity (Wildman–Crippen MR) is 55.4 cm³/mol.